The summed E-state index contributed by atoms with van der Waals surface area (Å²) in [4.78, 5) is 0. The summed E-state index contributed by atoms with van der Waals surface area (Å²) >= 11 is 0. The van der Waals surface area contributed by atoms with Gasteiger partial charge in [0.2, 0.25) is 0 Å². The Morgan fingerprint density at radius 1 is 1.69 bits per heavy atom. The normalized spacial score (nSPS) is 14.5. The number of aliphatic hydroxyl groups is 1. The van der Waals surface area contributed by atoms with Crippen LogP contribution in [0.3, 0.4) is 0 Å². The molecule has 0 fully saturated rings. The largest absolute Gasteiger partial charge is 0.378 e. The Bertz CT molecular complexity index is 343. The van der Waals surface area contributed by atoms with Crippen LogP contribution in [0.5, 0.6) is 0 Å². The molecule has 1 rings (SSSR count). The average molecular weight is 179 g/mol. The van der Waals surface area contributed by atoms with Gasteiger partial charge in [0.15, 0.2) is 5.69 Å². The second-order valence-corrected chi connectivity index (χ2v) is 3.15. The van der Waals surface area contributed by atoms with Gasteiger partial charge in [-0.2, -0.15) is 0 Å². The van der Waals surface area contributed by atoms with Crippen molar-refractivity contribution in [2.75, 3.05) is 0 Å². The lowest BCUT2D eigenvalue weighted by molar-refractivity contribution is 0.118. The van der Waals surface area contributed by atoms with Gasteiger partial charge in [0.25, 0.3) is 0 Å². The first-order valence-electron chi connectivity index (χ1n) is 4.15. The second-order valence-electron chi connectivity index (χ2n) is 3.15. The van der Waals surface area contributed by atoms with Crippen molar-refractivity contribution in [1.29, 1.82) is 0 Å². The highest BCUT2D eigenvalue weighted by molar-refractivity contribution is 5.27. The summed E-state index contributed by atoms with van der Waals surface area (Å²) in [6.07, 6.45) is 2.30. The van der Waals surface area contributed by atoms with Gasteiger partial charge in [-0.25, -0.2) is 0 Å². The fourth-order valence-electron chi connectivity index (χ4n) is 0.692. The van der Waals surface area contributed by atoms with Crippen LogP contribution in [0.15, 0.2) is 6.20 Å². The van der Waals surface area contributed by atoms with Gasteiger partial charge in [0.05, 0.1) is 6.20 Å². The van der Waals surface area contributed by atoms with Gasteiger partial charge in [0, 0.05) is 7.05 Å². The van der Waals surface area contributed by atoms with E-state index in [0.717, 1.165) is 0 Å². The topological polar surface area (TPSA) is 50.9 Å². The molecule has 0 aromatic carbocycles. The maximum Gasteiger partial charge on any atom is 0.155 e. The van der Waals surface area contributed by atoms with E-state index < -0.39 is 5.60 Å². The maximum atomic E-state index is 9.56. The van der Waals surface area contributed by atoms with E-state index in [1.807, 2.05) is 6.92 Å². The lowest BCUT2D eigenvalue weighted by atomic mass is 10.1. The minimum absolute atomic E-state index is 0.580. The molecule has 4 heteroatoms. The molecule has 0 aliphatic rings. The summed E-state index contributed by atoms with van der Waals surface area (Å²) in [5.41, 5.74) is -0.353. The Morgan fingerprint density at radius 3 is 2.85 bits per heavy atom. The van der Waals surface area contributed by atoms with Crippen LogP contribution >= 0.6 is 0 Å². The average Bonchev–Trinajstić information content (AvgIpc) is 2.48. The van der Waals surface area contributed by atoms with Crippen molar-refractivity contribution >= 4 is 0 Å². The minimum atomic E-state index is -0.933. The Balaban J connectivity index is 2.78. The first kappa shape index (κ1) is 9.75. The Kier molecular flexibility index (Phi) is 2.69. The van der Waals surface area contributed by atoms with Crippen molar-refractivity contribution in [2.24, 2.45) is 7.05 Å². The smallest absolute Gasteiger partial charge is 0.155 e. The van der Waals surface area contributed by atoms with Crippen LogP contribution in [0.4, 0.5) is 0 Å². The molecule has 0 aliphatic heterocycles. The molecular formula is C9H13N3O. The molecule has 1 aromatic rings. The van der Waals surface area contributed by atoms with Crippen LogP contribution in [0, 0.1) is 11.8 Å². The summed E-state index contributed by atoms with van der Waals surface area (Å²) in [5, 5.41) is 17.1. The summed E-state index contributed by atoms with van der Waals surface area (Å²) in [5.74, 6) is 5.49. The summed E-state index contributed by atoms with van der Waals surface area (Å²) < 4.78 is 1.57. The lowest BCUT2D eigenvalue weighted by Crippen LogP contribution is -2.19. The first-order chi connectivity index (χ1) is 6.03. The van der Waals surface area contributed by atoms with Crippen LogP contribution in [0.1, 0.15) is 26.0 Å². The van der Waals surface area contributed by atoms with Crippen molar-refractivity contribution in [3.05, 3.63) is 11.9 Å². The van der Waals surface area contributed by atoms with Gasteiger partial charge in [-0.1, -0.05) is 18.1 Å². The lowest BCUT2D eigenvalue weighted by Gasteiger charge is -2.11. The molecule has 0 bridgehead atoms. The highest BCUT2D eigenvalue weighted by Gasteiger charge is 2.12. The Labute approximate surface area is 77.6 Å². The zero-order valence-electron chi connectivity index (χ0n) is 8.07. The summed E-state index contributed by atoms with van der Waals surface area (Å²) in [7, 11) is 1.77. The van der Waals surface area contributed by atoms with Gasteiger partial charge in [-0.3, -0.25) is 4.68 Å². The molecule has 13 heavy (non-hydrogen) atoms. The monoisotopic (exact) mass is 179 g/mol. The minimum Gasteiger partial charge on any atom is -0.378 e. The molecule has 1 heterocycles. The highest BCUT2D eigenvalue weighted by atomic mass is 16.3. The van der Waals surface area contributed by atoms with Crippen molar-refractivity contribution in [3.63, 3.8) is 0 Å². The van der Waals surface area contributed by atoms with E-state index >= 15 is 0 Å². The third-order valence-corrected chi connectivity index (χ3v) is 1.75. The number of aromatic nitrogens is 3. The van der Waals surface area contributed by atoms with Gasteiger partial charge in [-0.05, 0) is 19.3 Å². The molecular weight excluding hydrogens is 166 g/mol. The molecule has 4 nitrogen and oxygen atoms in total. The Morgan fingerprint density at radius 2 is 2.38 bits per heavy atom. The molecule has 0 radical (unpaired) electrons. The van der Waals surface area contributed by atoms with Crippen LogP contribution in [0.2, 0.25) is 0 Å². The standard InChI is InChI=1S/C9H13N3O/c1-4-9(2,13)6-5-8-7-12(3)11-10-8/h7,13H,4H2,1-3H3. The zero-order valence-corrected chi connectivity index (χ0v) is 8.07. The number of nitrogens with zero attached hydrogens (tertiary/aromatic N) is 3. The molecule has 1 aromatic heterocycles. The number of hydrogen-bond donors (Lipinski definition) is 1. The van der Waals surface area contributed by atoms with E-state index in [1.54, 1.807) is 24.9 Å². The van der Waals surface area contributed by atoms with Crippen LogP contribution in [-0.4, -0.2) is 25.7 Å². The van der Waals surface area contributed by atoms with Crippen LogP contribution in [0.25, 0.3) is 0 Å². The predicted octanol–water partition coefficient (Wildman–Crippen LogP) is 0.328. The van der Waals surface area contributed by atoms with Crippen molar-refractivity contribution in [1.82, 2.24) is 15.0 Å². The van der Waals surface area contributed by atoms with E-state index in [-0.39, 0.29) is 0 Å². The van der Waals surface area contributed by atoms with Gasteiger partial charge < -0.3 is 5.11 Å². The third-order valence-electron chi connectivity index (χ3n) is 1.75. The quantitative estimate of drug-likeness (QED) is 0.632. The van der Waals surface area contributed by atoms with Crippen molar-refractivity contribution in [3.8, 4) is 11.8 Å². The molecule has 0 saturated carbocycles. The molecule has 0 amide bonds. The molecule has 1 N–H and O–H groups in total. The van der Waals surface area contributed by atoms with Gasteiger partial charge >= 0.3 is 0 Å². The van der Waals surface area contributed by atoms with Gasteiger partial charge in [0.1, 0.15) is 5.60 Å². The molecule has 70 valence electrons. The second kappa shape index (κ2) is 3.58. The van der Waals surface area contributed by atoms with Crippen LogP contribution < -0.4 is 0 Å². The SMILES string of the molecule is CCC(C)(O)C#Cc1cn(C)nn1. The van der Waals surface area contributed by atoms with Gasteiger partial charge in [-0.15, -0.1) is 5.10 Å². The predicted molar refractivity (Wildman–Crippen MR) is 48.8 cm³/mol. The number of hydrogen-bond acceptors (Lipinski definition) is 3. The van der Waals surface area contributed by atoms with E-state index in [9.17, 15) is 5.11 Å². The maximum absolute atomic E-state index is 9.56. The van der Waals surface area contributed by atoms with E-state index in [1.165, 1.54) is 0 Å². The van der Waals surface area contributed by atoms with E-state index in [0.29, 0.717) is 12.1 Å². The van der Waals surface area contributed by atoms with E-state index in [2.05, 4.69) is 22.2 Å². The molecule has 0 spiro atoms. The number of aryl methyl sites for hydroxylation is 1. The van der Waals surface area contributed by atoms with Crippen molar-refractivity contribution in [2.45, 2.75) is 25.9 Å². The molecule has 0 saturated heterocycles. The fraction of sp³-hybridized carbons (Fsp3) is 0.556. The Hall–Kier alpha value is -1.34. The fourth-order valence-corrected chi connectivity index (χ4v) is 0.692. The third kappa shape index (κ3) is 2.88. The molecule has 1 atom stereocenters. The van der Waals surface area contributed by atoms with Crippen LogP contribution in [-0.2, 0) is 7.05 Å². The molecule has 0 aliphatic carbocycles. The number of rotatable bonds is 1. The zero-order chi connectivity index (χ0) is 9.90. The first-order valence-corrected chi connectivity index (χ1v) is 4.15. The van der Waals surface area contributed by atoms with Crippen molar-refractivity contribution < 1.29 is 5.11 Å². The molecule has 1 unspecified atom stereocenters. The van der Waals surface area contributed by atoms with E-state index in [4.69, 9.17) is 0 Å². The highest BCUT2D eigenvalue weighted by Crippen LogP contribution is 2.05. The summed E-state index contributed by atoms with van der Waals surface area (Å²) in [6.45, 7) is 3.56. The summed E-state index contributed by atoms with van der Waals surface area (Å²) in [6, 6.07) is 0.